The molecule has 25 heavy (non-hydrogen) atoms. The van der Waals surface area contributed by atoms with Crippen molar-refractivity contribution in [3.05, 3.63) is 47.7 Å². The maximum atomic E-state index is 12.4. The maximum Gasteiger partial charge on any atom is 0.248 e. The number of piperidine rings is 1. The third kappa shape index (κ3) is 4.12. The van der Waals surface area contributed by atoms with E-state index in [2.05, 4.69) is 20.4 Å². The average molecular weight is 339 g/mol. The quantitative estimate of drug-likeness (QED) is 0.883. The Bertz CT molecular complexity index is 750. The molecule has 7 nitrogen and oxygen atoms in total. The Labute approximate surface area is 146 Å². The Balaban J connectivity index is 1.54. The highest BCUT2D eigenvalue weighted by Gasteiger charge is 2.25. The van der Waals surface area contributed by atoms with E-state index in [4.69, 9.17) is 5.73 Å². The van der Waals surface area contributed by atoms with Crippen LogP contribution < -0.4 is 16.0 Å². The lowest BCUT2D eigenvalue weighted by Gasteiger charge is -2.31. The van der Waals surface area contributed by atoms with Crippen molar-refractivity contribution in [3.63, 3.8) is 0 Å². The molecule has 2 amide bonds. The molecule has 0 atom stereocenters. The van der Waals surface area contributed by atoms with E-state index >= 15 is 0 Å². The predicted octanol–water partition coefficient (Wildman–Crippen LogP) is 1.74. The second-order valence-corrected chi connectivity index (χ2v) is 6.23. The highest BCUT2D eigenvalue weighted by Crippen LogP contribution is 2.23. The highest BCUT2D eigenvalue weighted by atomic mass is 16.2. The van der Waals surface area contributed by atoms with Crippen LogP contribution in [0.1, 0.15) is 28.9 Å². The van der Waals surface area contributed by atoms with Gasteiger partial charge in [0, 0.05) is 30.3 Å². The van der Waals surface area contributed by atoms with Crippen LogP contribution in [-0.2, 0) is 4.79 Å². The SMILES string of the molecule is Cc1ccc(N2CCC(C(=O)Nc3ccc(C(N)=O)cc3)CC2)nn1. The summed E-state index contributed by atoms with van der Waals surface area (Å²) in [4.78, 5) is 25.6. The Morgan fingerprint density at radius 2 is 1.76 bits per heavy atom. The number of rotatable bonds is 4. The topological polar surface area (TPSA) is 101 Å². The van der Waals surface area contributed by atoms with E-state index in [1.807, 2.05) is 19.1 Å². The number of carbonyl (C=O) groups is 2. The molecule has 2 aromatic rings. The molecule has 1 saturated heterocycles. The van der Waals surface area contributed by atoms with E-state index in [0.29, 0.717) is 11.3 Å². The average Bonchev–Trinajstić information content (AvgIpc) is 2.63. The van der Waals surface area contributed by atoms with Gasteiger partial charge in [0.15, 0.2) is 5.82 Å². The first-order valence-corrected chi connectivity index (χ1v) is 8.29. The number of aromatic nitrogens is 2. The van der Waals surface area contributed by atoms with Gasteiger partial charge in [-0.2, -0.15) is 5.10 Å². The molecule has 0 spiro atoms. The minimum Gasteiger partial charge on any atom is -0.366 e. The summed E-state index contributed by atoms with van der Waals surface area (Å²) in [6.45, 7) is 3.45. The normalized spacial score (nSPS) is 15.0. The molecule has 3 N–H and O–H groups in total. The Hall–Kier alpha value is -2.96. The van der Waals surface area contributed by atoms with Crippen LogP contribution in [0.4, 0.5) is 11.5 Å². The van der Waals surface area contributed by atoms with Gasteiger partial charge in [-0.3, -0.25) is 9.59 Å². The second-order valence-electron chi connectivity index (χ2n) is 6.23. The molecule has 0 bridgehead atoms. The number of anilines is 2. The van der Waals surface area contributed by atoms with Crippen molar-refractivity contribution in [2.45, 2.75) is 19.8 Å². The molecule has 0 aliphatic carbocycles. The second kappa shape index (κ2) is 7.29. The third-order valence-corrected chi connectivity index (χ3v) is 4.41. The highest BCUT2D eigenvalue weighted by molar-refractivity contribution is 5.95. The zero-order chi connectivity index (χ0) is 17.8. The minimum atomic E-state index is -0.482. The number of carbonyl (C=O) groups excluding carboxylic acids is 2. The number of nitrogens with one attached hydrogen (secondary N) is 1. The van der Waals surface area contributed by atoms with E-state index in [9.17, 15) is 9.59 Å². The molecule has 1 aromatic carbocycles. The summed E-state index contributed by atoms with van der Waals surface area (Å²) in [6.07, 6.45) is 1.53. The van der Waals surface area contributed by atoms with Gasteiger partial charge in [0.05, 0.1) is 5.69 Å². The molecule has 2 heterocycles. The number of hydrogen-bond acceptors (Lipinski definition) is 5. The molecule has 3 rings (SSSR count). The molecule has 0 radical (unpaired) electrons. The lowest BCUT2D eigenvalue weighted by Crippen LogP contribution is -2.38. The first-order valence-electron chi connectivity index (χ1n) is 8.29. The van der Waals surface area contributed by atoms with Gasteiger partial charge < -0.3 is 16.0 Å². The fraction of sp³-hybridized carbons (Fsp3) is 0.333. The van der Waals surface area contributed by atoms with Crippen molar-refractivity contribution >= 4 is 23.3 Å². The molecular formula is C18H21N5O2. The number of amides is 2. The van der Waals surface area contributed by atoms with Gasteiger partial charge in [0.2, 0.25) is 11.8 Å². The number of aryl methyl sites for hydroxylation is 1. The van der Waals surface area contributed by atoms with Crippen LogP contribution in [0.3, 0.4) is 0 Å². The molecule has 7 heteroatoms. The van der Waals surface area contributed by atoms with Crippen molar-refractivity contribution in [2.24, 2.45) is 11.7 Å². The number of hydrogen-bond donors (Lipinski definition) is 2. The van der Waals surface area contributed by atoms with Gasteiger partial charge in [-0.25, -0.2) is 0 Å². The van der Waals surface area contributed by atoms with E-state index in [1.54, 1.807) is 24.3 Å². The van der Waals surface area contributed by atoms with Crippen LogP contribution in [0.25, 0.3) is 0 Å². The number of nitrogens with zero attached hydrogens (tertiary/aromatic N) is 3. The predicted molar refractivity (Wildman–Crippen MR) is 95.3 cm³/mol. The molecule has 1 aromatic heterocycles. The first kappa shape index (κ1) is 16.9. The Morgan fingerprint density at radius 1 is 1.08 bits per heavy atom. The van der Waals surface area contributed by atoms with E-state index in [1.165, 1.54) is 0 Å². The van der Waals surface area contributed by atoms with Crippen molar-refractivity contribution in [1.82, 2.24) is 10.2 Å². The smallest absolute Gasteiger partial charge is 0.248 e. The fourth-order valence-electron chi connectivity index (χ4n) is 2.89. The van der Waals surface area contributed by atoms with Gasteiger partial charge in [-0.05, 0) is 56.2 Å². The van der Waals surface area contributed by atoms with Gasteiger partial charge >= 0.3 is 0 Å². The van der Waals surface area contributed by atoms with Crippen molar-refractivity contribution in [3.8, 4) is 0 Å². The van der Waals surface area contributed by atoms with Crippen LogP contribution in [0.15, 0.2) is 36.4 Å². The van der Waals surface area contributed by atoms with Crippen LogP contribution in [0.5, 0.6) is 0 Å². The number of nitrogens with two attached hydrogens (primary N) is 1. The van der Waals surface area contributed by atoms with Crippen molar-refractivity contribution < 1.29 is 9.59 Å². The standard InChI is InChI=1S/C18H21N5O2/c1-12-2-7-16(22-21-12)23-10-8-14(9-11-23)18(25)20-15-5-3-13(4-6-15)17(19)24/h2-7,14H,8-11H2,1H3,(H2,19,24)(H,20,25). The lowest BCUT2D eigenvalue weighted by molar-refractivity contribution is -0.120. The summed E-state index contributed by atoms with van der Waals surface area (Å²) in [5, 5.41) is 11.2. The molecule has 1 aliphatic heterocycles. The van der Waals surface area contributed by atoms with Crippen molar-refractivity contribution in [2.75, 3.05) is 23.3 Å². The molecule has 130 valence electrons. The summed E-state index contributed by atoms with van der Waals surface area (Å²) < 4.78 is 0. The van der Waals surface area contributed by atoms with E-state index < -0.39 is 5.91 Å². The number of benzene rings is 1. The van der Waals surface area contributed by atoms with Gasteiger partial charge in [-0.15, -0.1) is 5.10 Å². The summed E-state index contributed by atoms with van der Waals surface area (Å²) in [5.41, 5.74) is 7.19. The summed E-state index contributed by atoms with van der Waals surface area (Å²) in [6, 6.07) is 10.5. The molecular weight excluding hydrogens is 318 g/mol. The zero-order valence-electron chi connectivity index (χ0n) is 14.1. The maximum absolute atomic E-state index is 12.4. The van der Waals surface area contributed by atoms with Crippen LogP contribution >= 0.6 is 0 Å². The van der Waals surface area contributed by atoms with Gasteiger partial charge in [0.25, 0.3) is 0 Å². The Kier molecular flexibility index (Phi) is 4.92. The van der Waals surface area contributed by atoms with Crippen LogP contribution in [0, 0.1) is 12.8 Å². The summed E-state index contributed by atoms with van der Waals surface area (Å²) >= 11 is 0. The Morgan fingerprint density at radius 3 is 2.32 bits per heavy atom. The molecule has 0 unspecified atom stereocenters. The molecule has 0 saturated carbocycles. The van der Waals surface area contributed by atoms with Gasteiger partial charge in [-0.1, -0.05) is 0 Å². The molecule has 1 fully saturated rings. The lowest BCUT2D eigenvalue weighted by atomic mass is 9.95. The minimum absolute atomic E-state index is 0.00136. The van der Waals surface area contributed by atoms with Gasteiger partial charge in [0.1, 0.15) is 0 Å². The summed E-state index contributed by atoms with van der Waals surface area (Å²) in [5.74, 6) is 0.336. The van der Waals surface area contributed by atoms with E-state index in [0.717, 1.165) is 37.4 Å². The summed E-state index contributed by atoms with van der Waals surface area (Å²) in [7, 11) is 0. The zero-order valence-corrected chi connectivity index (χ0v) is 14.1. The first-order chi connectivity index (χ1) is 12.0. The third-order valence-electron chi connectivity index (χ3n) is 4.41. The monoisotopic (exact) mass is 339 g/mol. The fourth-order valence-corrected chi connectivity index (χ4v) is 2.89. The molecule has 1 aliphatic rings. The van der Waals surface area contributed by atoms with Crippen LogP contribution in [0.2, 0.25) is 0 Å². The van der Waals surface area contributed by atoms with Crippen LogP contribution in [-0.4, -0.2) is 35.1 Å². The van der Waals surface area contributed by atoms with E-state index in [-0.39, 0.29) is 11.8 Å². The van der Waals surface area contributed by atoms with Crippen molar-refractivity contribution in [1.29, 1.82) is 0 Å². The largest absolute Gasteiger partial charge is 0.366 e. The number of primary amides is 1.